The molecule has 0 spiro atoms. The molecule has 2 heterocycles. The molecule has 1 aliphatic heterocycles. The van der Waals surface area contributed by atoms with Gasteiger partial charge in [0.1, 0.15) is 12.7 Å². The quantitative estimate of drug-likeness (QED) is 0.752. The van der Waals surface area contributed by atoms with E-state index in [0.29, 0.717) is 6.61 Å². The summed E-state index contributed by atoms with van der Waals surface area (Å²) >= 11 is 1.66. The van der Waals surface area contributed by atoms with Crippen molar-refractivity contribution in [3.8, 4) is 11.5 Å². The highest BCUT2D eigenvalue weighted by atomic mass is 32.2. The molecule has 0 unspecified atom stereocenters. The van der Waals surface area contributed by atoms with Gasteiger partial charge in [0.15, 0.2) is 16.7 Å². The number of H-pyrrole nitrogens is 1. The lowest BCUT2D eigenvalue weighted by Crippen LogP contribution is -2.31. The Labute approximate surface area is 126 Å². The molecule has 21 heavy (non-hydrogen) atoms. The van der Waals surface area contributed by atoms with Gasteiger partial charge in [0.2, 0.25) is 0 Å². The number of benzene rings is 2. The fourth-order valence-electron chi connectivity index (χ4n) is 2.31. The summed E-state index contributed by atoms with van der Waals surface area (Å²) in [5.41, 5.74) is 2.05. The van der Waals surface area contributed by atoms with Crippen molar-refractivity contribution in [3.05, 3.63) is 48.5 Å². The van der Waals surface area contributed by atoms with Gasteiger partial charge in [0, 0.05) is 5.75 Å². The van der Waals surface area contributed by atoms with Gasteiger partial charge in [0.05, 0.1) is 11.0 Å². The molecule has 0 aliphatic carbocycles. The average Bonchev–Trinajstić information content (AvgIpc) is 2.95. The van der Waals surface area contributed by atoms with E-state index in [1.54, 1.807) is 11.8 Å². The third kappa shape index (κ3) is 2.56. The molecule has 0 amide bonds. The molecule has 0 saturated heterocycles. The predicted octanol–water partition coefficient (Wildman–Crippen LogP) is 3.50. The van der Waals surface area contributed by atoms with Crippen molar-refractivity contribution in [2.75, 3.05) is 12.4 Å². The number of nitrogens with one attached hydrogen (secondary N) is 1. The van der Waals surface area contributed by atoms with E-state index in [2.05, 4.69) is 9.97 Å². The zero-order valence-electron chi connectivity index (χ0n) is 11.3. The monoisotopic (exact) mass is 298 g/mol. The molecule has 0 bridgehead atoms. The number of rotatable bonds is 3. The second-order valence-corrected chi connectivity index (χ2v) is 5.88. The Kier molecular flexibility index (Phi) is 3.20. The maximum absolute atomic E-state index is 5.94. The molecule has 0 fully saturated rings. The van der Waals surface area contributed by atoms with Crippen LogP contribution in [0, 0.1) is 0 Å². The molecule has 1 atom stereocenters. The third-order valence-corrected chi connectivity index (χ3v) is 4.35. The van der Waals surface area contributed by atoms with Crippen LogP contribution >= 0.6 is 11.8 Å². The maximum atomic E-state index is 5.94. The van der Waals surface area contributed by atoms with Crippen LogP contribution in [0.3, 0.4) is 0 Å². The molecule has 3 aromatic rings. The summed E-state index contributed by atoms with van der Waals surface area (Å²) in [5.74, 6) is 2.44. The van der Waals surface area contributed by atoms with Gasteiger partial charge in [-0.15, -0.1) is 0 Å². The summed E-state index contributed by atoms with van der Waals surface area (Å²) in [6, 6.07) is 15.8. The van der Waals surface area contributed by atoms with Crippen LogP contribution in [0.5, 0.6) is 11.5 Å². The highest BCUT2D eigenvalue weighted by Gasteiger charge is 2.21. The summed E-state index contributed by atoms with van der Waals surface area (Å²) in [6.07, 6.45) is 0.0399. The Morgan fingerprint density at radius 1 is 1.10 bits per heavy atom. The van der Waals surface area contributed by atoms with Crippen molar-refractivity contribution in [1.82, 2.24) is 9.97 Å². The van der Waals surface area contributed by atoms with E-state index in [1.165, 1.54) is 0 Å². The summed E-state index contributed by atoms with van der Waals surface area (Å²) < 4.78 is 11.7. The van der Waals surface area contributed by atoms with Crippen LogP contribution in [0.25, 0.3) is 11.0 Å². The van der Waals surface area contributed by atoms with Crippen LogP contribution in [0.2, 0.25) is 0 Å². The second-order valence-electron chi connectivity index (χ2n) is 4.87. The first-order valence-electron chi connectivity index (χ1n) is 6.84. The Hall–Kier alpha value is -2.14. The zero-order chi connectivity index (χ0) is 14.1. The van der Waals surface area contributed by atoms with E-state index in [9.17, 15) is 0 Å². The van der Waals surface area contributed by atoms with Gasteiger partial charge in [-0.1, -0.05) is 36.0 Å². The van der Waals surface area contributed by atoms with Crippen LogP contribution in [0.15, 0.2) is 53.7 Å². The molecule has 5 heteroatoms. The van der Waals surface area contributed by atoms with Gasteiger partial charge in [-0.25, -0.2) is 4.98 Å². The molecule has 1 aliphatic rings. The van der Waals surface area contributed by atoms with E-state index in [4.69, 9.17) is 9.47 Å². The highest BCUT2D eigenvalue weighted by molar-refractivity contribution is 7.99. The topological polar surface area (TPSA) is 47.1 Å². The zero-order valence-corrected chi connectivity index (χ0v) is 12.1. The lowest BCUT2D eigenvalue weighted by molar-refractivity contribution is 0.107. The van der Waals surface area contributed by atoms with Gasteiger partial charge >= 0.3 is 0 Å². The minimum absolute atomic E-state index is 0.0399. The molecule has 0 saturated carbocycles. The standard InChI is InChI=1S/C16H14N2O2S/c1-2-6-13-12(5-1)17-16(18-13)21-10-11-9-19-14-7-3-4-8-15(14)20-11/h1-8,11H,9-10H2,(H,17,18)/t11-/m1/s1. The number of imidazole rings is 1. The van der Waals surface area contributed by atoms with Gasteiger partial charge in [-0.3, -0.25) is 0 Å². The number of hydrogen-bond donors (Lipinski definition) is 1. The number of aromatic amines is 1. The van der Waals surface area contributed by atoms with Crippen LogP contribution in [0.1, 0.15) is 0 Å². The van der Waals surface area contributed by atoms with Crippen LogP contribution < -0.4 is 9.47 Å². The Balaban J connectivity index is 1.43. The number of ether oxygens (including phenoxy) is 2. The van der Waals surface area contributed by atoms with E-state index >= 15 is 0 Å². The second kappa shape index (κ2) is 5.33. The lowest BCUT2D eigenvalue weighted by Gasteiger charge is -2.25. The molecule has 0 radical (unpaired) electrons. The summed E-state index contributed by atoms with van der Waals surface area (Å²) in [7, 11) is 0. The van der Waals surface area contributed by atoms with E-state index in [1.807, 2.05) is 48.5 Å². The number of thioether (sulfide) groups is 1. The van der Waals surface area contributed by atoms with Gasteiger partial charge in [-0.2, -0.15) is 0 Å². The number of aromatic nitrogens is 2. The van der Waals surface area contributed by atoms with Gasteiger partial charge in [-0.05, 0) is 24.3 Å². The van der Waals surface area contributed by atoms with Gasteiger partial charge < -0.3 is 14.5 Å². The maximum Gasteiger partial charge on any atom is 0.166 e. The molecular formula is C16H14N2O2S. The Bertz CT molecular complexity index is 739. The van der Waals surface area contributed by atoms with Crippen molar-refractivity contribution < 1.29 is 9.47 Å². The molecular weight excluding hydrogens is 284 g/mol. The highest BCUT2D eigenvalue weighted by Crippen LogP contribution is 2.32. The first-order valence-corrected chi connectivity index (χ1v) is 7.83. The van der Waals surface area contributed by atoms with Crippen molar-refractivity contribution in [2.45, 2.75) is 11.3 Å². The summed E-state index contributed by atoms with van der Waals surface area (Å²) in [5, 5.41) is 0.915. The fraction of sp³-hybridized carbons (Fsp3) is 0.188. The smallest absolute Gasteiger partial charge is 0.166 e. The van der Waals surface area contributed by atoms with Crippen LogP contribution in [0.4, 0.5) is 0 Å². The SMILES string of the molecule is c1ccc2c(c1)OC[C@H](CSc1nc3ccccc3[nH]1)O2. The lowest BCUT2D eigenvalue weighted by atomic mass is 10.3. The minimum atomic E-state index is 0.0399. The molecule has 2 aromatic carbocycles. The first-order chi connectivity index (χ1) is 10.4. The molecule has 4 nitrogen and oxygen atoms in total. The number of hydrogen-bond acceptors (Lipinski definition) is 4. The molecule has 1 N–H and O–H groups in total. The average molecular weight is 298 g/mol. The number of para-hydroxylation sites is 4. The number of nitrogens with zero attached hydrogens (tertiary/aromatic N) is 1. The summed E-state index contributed by atoms with van der Waals surface area (Å²) in [6.45, 7) is 0.574. The van der Waals surface area contributed by atoms with Crippen molar-refractivity contribution in [3.63, 3.8) is 0 Å². The predicted molar refractivity (Wildman–Crippen MR) is 83.2 cm³/mol. The Morgan fingerprint density at radius 3 is 2.81 bits per heavy atom. The largest absolute Gasteiger partial charge is 0.486 e. The van der Waals surface area contributed by atoms with E-state index < -0.39 is 0 Å². The van der Waals surface area contributed by atoms with Crippen molar-refractivity contribution >= 4 is 22.8 Å². The number of fused-ring (bicyclic) bond motifs is 2. The molecule has 106 valence electrons. The first kappa shape index (κ1) is 12.6. The van der Waals surface area contributed by atoms with Crippen molar-refractivity contribution in [1.29, 1.82) is 0 Å². The van der Waals surface area contributed by atoms with Crippen molar-refractivity contribution in [2.24, 2.45) is 0 Å². The minimum Gasteiger partial charge on any atom is -0.486 e. The van der Waals surface area contributed by atoms with E-state index in [-0.39, 0.29) is 6.10 Å². The van der Waals surface area contributed by atoms with Crippen LogP contribution in [-0.4, -0.2) is 28.4 Å². The van der Waals surface area contributed by atoms with E-state index in [0.717, 1.165) is 33.4 Å². The normalized spacial score (nSPS) is 17.0. The van der Waals surface area contributed by atoms with Crippen LogP contribution in [-0.2, 0) is 0 Å². The Morgan fingerprint density at radius 2 is 1.90 bits per heavy atom. The fourth-order valence-corrected chi connectivity index (χ4v) is 3.17. The summed E-state index contributed by atoms with van der Waals surface area (Å²) in [4.78, 5) is 7.86. The molecule has 1 aromatic heterocycles. The molecule has 4 rings (SSSR count). The third-order valence-electron chi connectivity index (χ3n) is 3.34. The van der Waals surface area contributed by atoms with Gasteiger partial charge in [0.25, 0.3) is 0 Å².